The number of aliphatic hydroxyl groups is 1. The average Bonchev–Trinajstić information content (AvgIpc) is 2.54. The van der Waals surface area contributed by atoms with Crippen LogP contribution in [0.15, 0.2) is 30.3 Å². The van der Waals surface area contributed by atoms with E-state index in [4.69, 9.17) is 0 Å². The lowest BCUT2D eigenvalue weighted by molar-refractivity contribution is -0.119. The van der Waals surface area contributed by atoms with Crippen LogP contribution in [0.25, 0.3) is 0 Å². The number of hydrogen-bond donors (Lipinski definition) is 3. The second-order valence-electron chi connectivity index (χ2n) is 5.40. The molecule has 4 nitrogen and oxygen atoms in total. The van der Waals surface area contributed by atoms with Gasteiger partial charge in [-0.3, -0.25) is 4.79 Å². The molecule has 0 bridgehead atoms. The largest absolute Gasteiger partial charge is 0.394 e. The summed E-state index contributed by atoms with van der Waals surface area (Å²) in [6, 6.07) is 9.73. The first-order valence-electron chi connectivity index (χ1n) is 7.54. The number of aliphatic hydroxyl groups excluding tert-OH is 1. The molecule has 1 aliphatic heterocycles. The molecule has 0 aliphatic carbocycles. The minimum absolute atomic E-state index is 0.0218. The van der Waals surface area contributed by atoms with Crippen LogP contribution in [0.1, 0.15) is 18.4 Å². The predicted molar refractivity (Wildman–Crippen MR) is 87.5 cm³/mol. The van der Waals surface area contributed by atoms with Gasteiger partial charge < -0.3 is 15.7 Å². The second kappa shape index (κ2) is 9.07. The van der Waals surface area contributed by atoms with Gasteiger partial charge in [0.2, 0.25) is 5.91 Å². The van der Waals surface area contributed by atoms with Gasteiger partial charge in [-0.15, -0.1) is 11.8 Å². The van der Waals surface area contributed by atoms with Gasteiger partial charge in [0.15, 0.2) is 0 Å². The van der Waals surface area contributed by atoms with E-state index in [9.17, 15) is 9.90 Å². The fourth-order valence-corrected chi connectivity index (χ4v) is 3.52. The fraction of sp³-hybridized carbons (Fsp3) is 0.562. The Kier molecular flexibility index (Phi) is 7.06. The van der Waals surface area contributed by atoms with Crippen LogP contribution >= 0.6 is 11.8 Å². The van der Waals surface area contributed by atoms with Gasteiger partial charge in [-0.2, -0.15) is 0 Å². The van der Waals surface area contributed by atoms with Crippen LogP contribution in [-0.2, 0) is 11.2 Å². The molecule has 0 unspecified atom stereocenters. The lowest BCUT2D eigenvalue weighted by Crippen LogP contribution is -2.40. The molecule has 1 saturated heterocycles. The number of carbonyl (C=O) groups is 1. The van der Waals surface area contributed by atoms with E-state index in [2.05, 4.69) is 10.6 Å². The number of carbonyl (C=O) groups excluding carboxylic acids is 1. The molecule has 5 heteroatoms. The van der Waals surface area contributed by atoms with Gasteiger partial charge >= 0.3 is 0 Å². The third kappa shape index (κ3) is 6.08. The highest BCUT2D eigenvalue weighted by atomic mass is 32.2. The SMILES string of the molecule is O=C(CSC1CCNCC1)N[C@H](CO)Cc1ccccc1. The van der Waals surface area contributed by atoms with Crippen LogP contribution in [0, 0.1) is 0 Å². The molecule has 116 valence electrons. The van der Waals surface area contributed by atoms with Crippen molar-refractivity contribution in [3.05, 3.63) is 35.9 Å². The standard InChI is InChI=1S/C16H24N2O2S/c19-11-14(10-13-4-2-1-3-5-13)18-16(20)12-21-15-6-8-17-9-7-15/h1-5,14-15,17,19H,6-12H2,(H,18,20)/t14-/m0/s1. The van der Waals surface area contributed by atoms with Crippen LogP contribution in [0.4, 0.5) is 0 Å². The lowest BCUT2D eigenvalue weighted by Gasteiger charge is -2.22. The summed E-state index contributed by atoms with van der Waals surface area (Å²) in [5.74, 6) is 0.504. The molecule has 0 spiro atoms. The molecule has 1 fully saturated rings. The Balaban J connectivity index is 1.71. The van der Waals surface area contributed by atoms with Gasteiger partial charge in [-0.25, -0.2) is 0 Å². The molecule has 0 aromatic heterocycles. The van der Waals surface area contributed by atoms with Crippen LogP contribution in [0.2, 0.25) is 0 Å². The molecule has 1 aliphatic rings. The molecule has 1 atom stereocenters. The zero-order valence-corrected chi connectivity index (χ0v) is 13.1. The summed E-state index contributed by atoms with van der Waals surface area (Å²) in [6.07, 6.45) is 2.93. The average molecular weight is 308 g/mol. The molecular weight excluding hydrogens is 284 g/mol. The Morgan fingerprint density at radius 1 is 1.33 bits per heavy atom. The predicted octanol–water partition coefficient (Wildman–Crippen LogP) is 1.19. The van der Waals surface area contributed by atoms with Crippen molar-refractivity contribution in [2.24, 2.45) is 0 Å². The van der Waals surface area contributed by atoms with Crippen molar-refractivity contribution in [3.8, 4) is 0 Å². The first kappa shape index (κ1) is 16.3. The van der Waals surface area contributed by atoms with Gasteiger partial charge in [0.25, 0.3) is 0 Å². The van der Waals surface area contributed by atoms with E-state index in [0.717, 1.165) is 31.5 Å². The molecule has 1 aromatic carbocycles. The van der Waals surface area contributed by atoms with Gasteiger partial charge in [-0.1, -0.05) is 30.3 Å². The van der Waals surface area contributed by atoms with Crippen LogP contribution in [0.3, 0.4) is 0 Å². The molecule has 0 saturated carbocycles. The quantitative estimate of drug-likeness (QED) is 0.708. The summed E-state index contributed by atoms with van der Waals surface area (Å²) in [5, 5.41) is 16.3. The van der Waals surface area contributed by atoms with Gasteiger partial charge in [0.05, 0.1) is 18.4 Å². The number of rotatable bonds is 7. The number of benzene rings is 1. The summed E-state index contributed by atoms with van der Waals surface area (Å²) in [5.41, 5.74) is 1.13. The maximum Gasteiger partial charge on any atom is 0.230 e. The summed E-state index contributed by atoms with van der Waals surface area (Å²) < 4.78 is 0. The monoisotopic (exact) mass is 308 g/mol. The smallest absolute Gasteiger partial charge is 0.230 e. The molecule has 21 heavy (non-hydrogen) atoms. The van der Waals surface area contributed by atoms with E-state index < -0.39 is 0 Å². The van der Waals surface area contributed by atoms with Crippen molar-refractivity contribution >= 4 is 17.7 Å². The number of amides is 1. The van der Waals surface area contributed by atoms with Crippen molar-refractivity contribution in [1.29, 1.82) is 0 Å². The molecule has 1 heterocycles. The number of thioether (sulfide) groups is 1. The topological polar surface area (TPSA) is 61.4 Å². The Labute approximate surface area is 130 Å². The number of piperidine rings is 1. The molecular formula is C16H24N2O2S. The van der Waals surface area contributed by atoms with Gasteiger partial charge in [0, 0.05) is 5.25 Å². The van der Waals surface area contributed by atoms with Crippen molar-refractivity contribution in [2.45, 2.75) is 30.6 Å². The van der Waals surface area contributed by atoms with Crippen molar-refractivity contribution < 1.29 is 9.90 Å². The summed E-state index contributed by atoms with van der Waals surface area (Å²) >= 11 is 1.73. The zero-order valence-electron chi connectivity index (χ0n) is 12.3. The molecule has 1 aromatic rings. The number of nitrogens with one attached hydrogen (secondary N) is 2. The Bertz CT molecular complexity index is 422. The third-order valence-electron chi connectivity index (χ3n) is 3.65. The highest BCUT2D eigenvalue weighted by molar-refractivity contribution is 8.00. The first-order chi connectivity index (χ1) is 10.3. The van der Waals surface area contributed by atoms with E-state index >= 15 is 0 Å². The summed E-state index contributed by atoms with van der Waals surface area (Å²) in [7, 11) is 0. The van der Waals surface area contributed by atoms with E-state index in [1.165, 1.54) is 0 Å². The van der Waals surface area contributed by atoms with Crippen molar-refractivity contribution in [2.75, 3.05) is 25.4 Å². The Hall–Kier alpha value is -1.04. The van der Waals surface area contributed by atoms with E-state index in [1.54, 1.807) is 11.8 Å². The summed E-state index contributed by atoms with van der Waals surface area (Å²) in [6.45, 7) is 2.07. The van der Waals surface area contributed by atoms with Crippen LogP contribution in [0.5, 0.6) is 0 Å². The van der Waals surface area contributed by atoms with Crippen molar-refractivity contribution in [3.63, 3.8) is 0 Å². The maximum atomic E-state index is 12.0. The minimum Gasteiger partial charge on any atom is -0.394 e. The fourth-order valence-electron chi connectivity index (χ4n) is 2.48. The summed E-state index contributed by atoms with van der Waals surface area (Å²) in [4.78, 5) is 12.0. The minimum atomic E-state index is -0.200. The highest BCUT2D eigenvalue weighted by Gasteiger charge is 2.17. The van der Waals surface area contributed by atoms with Gasteiger partial charge in [0.1, 0.15) is 0 Å². The van der Waals surface area contributed by atoms with Crippen LogP contribution < -0.4 is 10.6 Å². The first-order valence-corrected chi connectivity index (χ1v) is 8.59. The number of hydrogen-bond acceptors (Lipinski definition) is 4. The normalized spacial score (nSPS) is 17.4. The van der Waals surface area contributed by atoms with E-state index in [0.29, 0.717) is 17.4 Å². The highest BCUT2D eigenvalue weighted by Crippen LogP contribution is 2.19. The Morgan fingerprint density at radius 3 is 2.71 bits per heavy atom. The van der Waals surface area contributed by atoms with Gasteiger partial charge in [-0.05, 0) is 37.9 Å². The molecule has 1 amide bonds. The van der Waals surface area contributed by atoms with E-state index in [-0.39, 0.29) is 18.6 Å². The molecule has 3 N–H and O–H groups in total. The maximum absolute atomic E-state index is 12.0. The molecule has 0 radical (unpaired) electrons. The zero-order chi connectivity index (χ0) is 14.9. The lowest BCUT2D eigenvalue weighted by atomic mass is 10.1. The van der Waals surface area contributed by atoms with Crippen molar-refractivity contribution in [1.82, 2.24) is 10.6 Å². The molecule has 2 rings (SSSR count). The Morgan fingerprint density at radius 2 is 2.05 bits per heavy atom. The van der Waals surface area contributed by atoms with Crippen LogP contribution in [-0.4, -0.2) is 47.8 Å². The second-order valence-corrected chi connectivity index (χ2v) is 6.69. The third-order valence-corrected chi connectivity index (χ3v) is 5.02. The van der Waals surface area contributed by atoms with E-state index in [1.807, 2.05) is 30.3 Å².